The minimum Gasteiger partial charge on any atom is -0.356 e. The molecule has 0 unspecified atom stereocenters. The third-order valence-electron chi connectivity index (χ3n) is 1.38. The largest absolute Gasteiger partial charge is 0.356 e. The van der Waals surface area contributed by atoms with Crippen molar-refractivity contribution in [1.29, 1.82) is 0 Å². The Morgan fingerprint density at radius 2 is 2.50 bits per heavy atom. The van der Waals surface area contributed by atoms with Gasteiger partial charge in [-0.05, 0) is 6.92 Å². The summed E-state index contributed by atoms with van der Waals surface area (Å²) in [6.07, 6.45) is 2.69. The van der Waals surface area contributed by atoms with Crippen molar-refractivity contribution in [2.45, 2.75) is 20.3 Å². The quantitative estimate of drug-likeness (QED) is 0.765. The molecule has 1 aromatic rings. The first-order chi connectivity index (χ1) is 5.68. The number of hydrogen-bond acceptors (Lipinski definition) is 3. The van der Waals surface area contributed by atoms with Crippen LogP contribution in [0.25, 0.3) is 0 Å². The van der Waals surface area contributed by atoms with Crippen LogP contribution in [0.4, 0.5) is 0 Å². The Kier molecular flexibility index (Phi) is 3.22. The van der Waals surface area contributed by atoms with E-state index in [0.29, 0.717) is 6.54 Å². The van der Waals surface area contributed by atoms with Crippen molar-refractivity contribution in [2.75, 3.05) is 6.54 Å². The summed E-state index contributed by atoms with van der Waals surface area (Å²) in [7, 11) is 0. The lowest BCUT2D eigenvalue weighted by Gasteiger charge is -1.97. The van der Waals surface area contributed by atoms with Crippen molar-refractivity contribution in [3.8, 4) is 0 Å². The first-order valence-electron chi connectivity index (χ1n) is 3.84. The number of rotatable bonds is 3. The molecule has 1 N–H and O–H groups in total. The predicted molar refractivity (Wildman–Crippen MR) is 49.2 cm³/mol. The summed E-state index contributed by atoms with van der Waals surface area (Å²) in [6, 6.07) is 0. The second-order valence-electron chi connectivity index (χ2n) is 2.60. The molecule has 1 aromatic heterocycles. The van der Waals surface area contributed by atoms with E-state index in [9.17, 15) is 4.79 Å². The molecule has 0 saturated carbocycles. The second-order valence-corrected chi connectivity index (χ2v) is 3.92. The number of nitrogens with zero attached hydrogens (tertiary/aromatic N) is 1. The number of hydrogen-bond donors (Lipinski definition) is 1. The van der Waals surface area contributed by atoms with Crippen LogP contribution in [-0.2, 0) is 11.2 Å². The predicted octanol–water partition coefficient (Wildman–Crippen LogP) is 1.13. The first-order valence-corrected chi connectivity index (χ1v) is 4.66. The fourth-order valence-electron chi connectivity index (χ4n) is 0.862. The van der Waals surface area contributed by atoms with E-state index in [1.807, 2.05) is 13.1 Å². The van der Waals surface area contributed by atoms with Gasteiger partial charge in [0.15, 0.2) is 0 Å². The van der Waals surface area contributed by atoms with E-state index in [1.165, 1.54) is 11.8 Å². The van der Waals surface area contributed by atoms with Crippen molar-refractivity contribution < 1.29 is 4.79 Å². The number of thiazole rings is 1. The number of amides is 1. The summed E-state index contributed by atoms with van der Waals surface area (Å²) in [5.41, 5.74) is 0. The third-order valence-corrected chi connectivity index (χ3v) is 2.35. The molecule has 0 fully saturated rings. The van der Waals surface area contributed by atoms with E-state index in [-0.39, 0.29) is 5.91 Å². The van der Waals surface area contributed by atoms with E-state index in [4.69, 9.17) is 0 Å². The number of carbonyl (C=O) groups is 1. The summed E-state index contributed by atoms with van der Waals surface area (Å²) >= 11 is 1.68. The van der Waals surface area contributed by atoms with Gasteiger partial charge in [-0.2, -0.15) is 0 Å². The maximum absolute atomic E-state index is 10.5. The topological polar surface area (TPSA) is 42.0 Å². The summed E-state index contributed by atoms with van der Waals surface area (Å²) < 4.78 is 0. The first kappa shape index (κ1) is 9.19. The van der Waals surface area contributed by atoms with Crippen LogP contribution in [0.15, 0.2) is 6.20 Å². The van der Waals surface area contributed by atoms with Crippen molar-refractivity contribution in [3.05, 3.63) is 16.1 Å². The number of nitrogens with one attached hydrogen (secondary N) is 1. The van der Waals surface area contributed by atoms with Crippen molar-refractivity contribution in [1.82, 2.24) is 10.3 Å². The molecule has 1 heterocycles. The van der Waals surface area contributed by atoms with Crippen LogP contribution < -0.4 is 5.32 Å². The van der Waals surface area contributed by atoms with E-state index in [2.05, 4.69) is 10.3 Å². The molecule has 0 aromatic carbocycles. The Balaban J connectivity index is 2.29. The van der Waals surface area contributed by atoms with Gasteiger partial charge in [-0.15, -0.1) is 11.3 Å². The highest BCUT2D eigenvalue weighted by Gasteiger charge is 1.98. The zero-order valence-electron chi connectivity index (χ0n) is 7.26. The zero-order valence-corrected chi connectivity index (χ0v) is 8.07. The van der Waals surface area contributed by atoms with Crippen LogP contribution in [0.1, 0.15) is 16.8 Å². The fraction of sp³-hybridized carbons (Fsp3) is 0.500. The SMILES string of the molecule is CC(=O)NCCc1ncc(C)s1. The lowest BCUT2D eigenvalue weighted by molar-refractivity contribution is -0.118. The van der Waals surface area contributed by atoms with Gasteiger partial charge in [0.25, 0.3) is 0 Å². The van der Waals surface area contributed by atoms with Crippen LogP contribution in [-0.4, -0.2) is 17.4 Å². The Hall–Kier alpha value is -0.900. The van der Waals surface area contributed by atoms with Gasteiger partial charge in [-0.3, -0.25) is 4.79 Å². The molecule has 0 aliphatic carbocycles. The molecule has 12 heavy (non-hydrogen) atoms. The minimum atomic E-state index is 0.0169. The van der Waals surface area contributed by atoms with Crippen molar-refractivity contribution >= 4 is 17.2 Å². The van der Waals surface area contributed by atoms with E-state index < -0.39 is 0 Å². The molecule has 0 aliphatic rings. The summed E-state index contributed by atoms with van der Waals surface area (Å²) in [5.74, 6) is 0.0169. The maximum atomic E-state index is 10.5. The average Bonchev–Trinajstić information content (AvgIpc) is 2.35. The maximum Gasteiger partial charge on any atom is 0.216 e. The summed E-state index contributed by atoms with van der Waals surface area (Å²) in [5, 5.41) is 3.82. The Bertz CT molecular complexity index is 270. The van der Waals surface area contributed by atoms with Crippen LogP contribution in [0.2, 0.25) is 0 Å². The molecular formula is C8H12N2OS. The van der Waals surface area contributed by atoms with Gasteiger partial charge in [0.2, 0.25) is 5.91 Å². The average molecular weight is 184 g/mol. The lowest BCUT2D eigenvalue weighted by atomic mass is 10.4. The Morgan fingerprint density at radius 3 is 3.00 bits per heavy atom. The third kappa shape index (κ3) is 3.00. The molecule has 0 saturated heterocycles. The molecule has 1 amide bonds. The molecule has 0 bridgehead atoms. The Labute approximate surface area is 75.8 Å². The van der Waals surface area contributed by atoms with Crippen LogP contribution in [0.5, 0.6) is 0 Å². The fourth-order valence-corrected chi connectivity index (χ4v) is 1.65. The molecule has 1 rings (SSSR count). The van der Waals surface area contributed by atoms with Crippen molar-refractivity contribution in [3.63, 3.8) is 0 Å². The molecular weight excluding hydrogens is 172 g/mol. The zero-order chi connectivity index (χ0) is 8.97. The molecule has 66 valence electrons. The van der Waals surface area contributed by atoms with Gasteiger partial charge in [0, 0.05) is 31.0 Å². The highest BCUT2D eigenvalue weighted by atomic mass is 32.1. The smallest absolute Gasteiger partial charge is 0.216 e. The number of aryl methyl sites for hydroxylation is 1. The van der Waals surface area contributed by atoms with E-state index in [1.54, 1.807) is 11.3 Å². The normalized spacial score (nSPS) is 9.83. The molecule has 4 heteroatoms. The van der Waals surface area contributed by atoms with Gasteiger partial charge in [-0.25, -0.2) is 4.98 Å². The van der Waals surface area contributed by atoms with Crippen LogP contribution in [0, 0.1) is 6.92 Å². The standard InChI is InChI=1S/C8H12N2OS/c1-6-5-10-8(12-6)3-4-9-7(2)11/h5H,3-4H2,1-2H3,(H,9,11). The van der Waals surface area contributed by atoms with Gasteiger partial charge in [0.05, 0.1) is 5.01 Å². The van der Waals surface area contributed by atoms with Gasteiger partial charge in [0.1, 0.15) is 0 Å². The van der Waals surface area contributed by atoms with Crippen molar-refractivity contribution in [2.24, 2.45) is 0 Å². The lowest BCUT2D eigenvalue weighted by Crippen LogP contribution is -2.22. The number of aromatic nitrogens is 1. The molecule has 0 aliphatic heterocycles. The minimum absolute atomic E-state index is 0.0169. The number of carbonyl (C=O) groups excluding carboxylic acids is 1. The monoisotopic (exact) mass is 184 g/mol. The molecule has 0 radical (unpaired) electrons. The van der Waals surface area contributed by atoms with Gasteiger partial charge < -0.3 is 5.32 Å². The summed E-state index contributed by atoms with van der Waals surface area (Å²) in [4.78, 5) is 15.9. The van der Waals surface area contributed by atoms with Gasteiger partial charge in [-0.1, -0.05) is 0 Å². The molecule has 0 spiro atoms. The Morgan fingerprint density at radius 1 is 1.75 bits per heavy atom. The highest BCUT2D eigenvalue weighted by molar-refractivity contribution is 7.11. The second kappa shape index (κ2) is 4.21. The van der Waals surface area contributed by atoms with Gasteiger partial charge >= 0.3 is 0 Å². The summed E-state index contributed by atoms with van der Waals surface area (Å²) in [6.45, 7) is 4.23. The van der Waals surface area contributed by atoms with E-state index >= 15 is 0 Å². The van der Waals surface area contributed by atoms with Crippen LogP contribution in [0.3, 0.4) is 0 Å². The molecule has 0 atom stereocenters. The van der Waals surface area contributed by atoms with E-state index in [0.717, 1.165) is 11.4 Å². The highest BCUT2D eigenvalue weighted by Crippen LogP contribution is 2.10. The molecule has 3 nitrogen and oxygen atoms in total. The van der Waals surface area contributed by atoms with Crippen LogP contribution >= 0.6 is 11.3 Å².